The van der Waals surface area contributed by atoms with Gasteiger partial charge < -0.3 is 91.4 Å². The molecule has 0 saturated heterocycles. The van der Waals surface area contributed by atoms with Gasteiger partial charge in [-0.3, -0.25) is 58.1 Å². The van der Waals surface area contributed by atoms with Crippen molar-refractivity contribution < 1.29 is 62.1 Å². The van der Waals surface area contributed by atoms with Crippen molar-refractivity contribution in [2.45, 2.75) is 148 Å². The molecule has 0 radical (unpaired) electrons. The Hall–Kier alpha value is -10.2. The zero-order chi connectivity index (χ0) is 72.7. The third kappa shape index (κ3) is 29.5. The normalized spacial score (nSPS) is 11.8. The lowest BCUT2D eigenvalue weighted by atomic mass is 9.96. The Morgan fingerprint density at radius 3 is 1.15 bits per heavy atom. The number of nitrogens with one attached hydrogen (secondary N) is 5. The highest BCUT2D eigenvalue weighted by Crippen LogP contribution is 2.26. The van der Waals surface area contributed by atoms with Gasteiger partial charge in [0.05, 0.1) is 74.9 Å². The SMILES string of the molecule is CCC(=O)[C@@H](CCCN=C(N)N)NC(=O)c1cc(CC(=O)[C@@H](CCCN=C(N)N)NC(=O)c2cc(CC(=O)[C@@H](CCCN=C(N)N)NC(=O)c3cc(CC(=O)[C@@H](C)NC(=O)CCCCN)ccc3OC)ccc2OC)ccc1OC.COc1ccc(C)cc1C(=O)NCCCCCN. The maximum absolute atomic E-state index is 14.3. The van der Waals surface area contributed by atoms with Gasteiger partial charge in [-0.1, -0.05) is 43.2 Å². The number of aliphatic imine (C=N–C) groups is 3. The third-order valence-electron chi connectivity index (χ3n) is 15.4. The van der Waals surface area contributed by atoms with Crippen molar-refractivity contribution in [3.05, 3.63) is 117 Å². The monoisotopic (exact) mass is 1360 g/mol. The predicted octanol–water partition coefficient (Wildman–Crippen LogP) is 2.38. The van der Waals surface area contributed by atoms with E-state index in [0.29, 0.717) is 66.9 Å². The molecule has 536 valence electrons. The number of benzene rings is 4. The molecule has 4 atom stereocenters. The molecule has 0 unspecified atom stereocenters. The average Bonchev–Trinajstić information content (AvgIpc) is 0.840. The van der Waals surface area contributed by atoms with E-state index < -0.39 is 53.5 Å². The van der Waals surface area contributed by atoms with Crippen LogP contribution < -0.4 is 91.4 Å². The Bertz CT molecular complexity index is 3400. The molecule has 4 rings (SSSR count). The second-order valence-electron chi connectivity index (χ2n) is 23.1. The number of Topliss-reactive ketones (excluding diaryl/α,β-unsaturated/α-hetero) is 4. The molecule has 0 spiro atoms. The maximum atomic E-state index is 14.3. The second kappa shape index (κ2) is 44.6. The molecular formula is C69H102N16O13. The number of ether oxygens (including phenoxy) is 4. The average molecular weight is 1360 g/mol. The molecule has 4 aromatic carbocycles. The van der Waals surface area contributed by atoms with Crippen LogP contribution in [0.2, 0.25) is 0 Å². The van der Waals surface area contributed by atoms with E-state index in [1.807, 2.05) is 25.1 Å². The first-order valence-corrected chi connectivity index (χ1v) is 32.7. The number of rotatable bonds is 44. The van der Waals surface area contributed by atoms with E-state index in [1.54, 1.807) is 39.2 Å². The topological polar surface area (TPSA) is 496 Å². The first kappa shape index (κ1) is 82.1. The molecule has 29 heteroatoms. The smallest absolute Gasteiger partial charge is 0.255 e. The summed E-state index contributed by atoms with van der Waals surface area (Å²) in [5.41, 5.74) is 47.0. The molecule has 0 bridgehead atoms. The van der Waals surface area contributed by atoms with Gasteiger partial charge >= 0.3 is 0 Å². The van der Waals surface area contributed by atoms with Crippen molar-refractivity contribution in [2.75, 3.05) is 67.7 Å². The van der Waals surface area contributed by atoms with Gasteiger partial charge in [0.2, 0.25) is 5.91 Å². The van der Waals surface area contributed by atoms with Crippen LogP contribution in [0.5, 0.6) is 23.0 Å². The van der Waals surface area contributed by atoms with E-state index >= 15 is 0 Å². The van der Waals surface area contributed by atoms with Crippen LogP contribution in [0.1, 0.15) is 161 Å². The molecule has 0 fully saturated rings. The number of carbonyl (C=O) groups excluding carboxylic acids is 9. The van der Waals surface area contributed by atoms with Gasteiger partial charge in [-0.05, 0) is 156 Å². The zero-order valence-electron chi connectivity index (χ0n) is 57.6. The lowest BCUT2D eigenvalue weighted by Gasteiger charge is -2.21. The van der Waals surface area contributed by atoms with E-state index in [2.05, 4.69) is 41.6 Å². The molecule has 0 aliphatic carbocycles. The highest BCUT2D eigenvalue weighted by Gasteiger charge is 2.29. The standard InChI is InChI=1S/C55H80N14O11.C14H22N2O2/c1-6-42(70)39(12-9-23-63-53(57)58)67-50(75)37-27-34(17-20-47(37)79-4)30-44(72)41(14-11-25-65-55(61)62)69-52(77)38-28-35(18-21-48(38)80-5)31-45(73)40(13-10-24-64-54(59)60)68-51(76)36-26-33(16-19-46(36)78-3)29-43(71)32(2)66-49(74)15-7-8-22-56;1-11-6-7-13(18-2)12(10-11)14(17)16-9-5-3-4-8-15/h16-21,26-28,32,39-41H,6-15,22-25,29-31,56H2,1-5H3,(H,66,74)(H,67,75)(H,68,76)(H,69,77)(H4,57,58,63)(H4,59,60,64)(H4,61,62,65);6-7,10H,3-5,8-9,15H2,1-2H3,(H,16,17)/t32-,39-,40-,41-;/m1./s1. The molecule has 98 heavy (non-hydrogen) atoms. The van der Waals surface area contributed by atoms with Crippen molar-refractivity contribution in [2.24, 2.45) is 60.8 Å². The number of hydrogen-bond donors (Lipinski definition) is 13. The summed E-state index contributed by atoms with van der Waals surface area (Å²) in [6.45, 7) is 7.59. The summed E-state index contributed by atoms with van der Waals surface area (Å²) in [5, 5.41) is 14.0. The summed E-state index contributed by atoms with van der Waals surface area (Å²) in [6, 6.07) is 15.5. The number of carbonyl (C=O) groups is 9. The summed E-state index contributed by atoms with van der Waals surface area (Å²) in [7, 11) is 5.67. The highest BCUT2D eigenvalue weighted by atomic mass is 16.5. The van der Waals surface area contributed by atoms with Crippen LogP contribution in [0.15, 0.2) is 87.8 Å². The van der Waals surface area contributed by atoms with Gasteiger partial charge in [0.1, 0.15) is 23.0 Å². The number of amides is 5. The Balaban J connectivity index is 0.00000120. The highest BCUT2D eigenvalue weighted by molar-refractivity contribution is 6.03. The van der Waals surface area contributed by atoms with Crippen LogP contribution in [0.3, 0.4) is 0 Å². The Morgan fingerprint density at radius 2 is 0.786 bits per heavy atom. The molecular weight excluding hydrogens is 1260 g/mol. The van der Waals surface area contributed by atoms with Gasteiger partial charge in [0.15, 0.2) is 41.0 Å². The number of unbranched alkanes of at least 4 members (excludes halogenated alkanes) is 3. The lowest BCUT2D eigenvalue weighted by Crippen LogP contribution is -2.42. The summed E-state index contributed by atoms with van der Waals surface area (Å²) < 4.78 is 21.7. The van der Waals surface area contributed by atoms with E-state index in [9.17, 15) is 43.2 Å². The maximum Gasteiger partial charge on any atom is 0.255 e. The minimum Gasteiger partial charge on any atom is -0.496 e. The van der Waals surface area contributed by atoms with Gasteiger partial charge in [-0.15, -0.1) is 0 Å². The molecule has 0 aliphatic heterocycles. The second-order valence-corrected chi connectivity index (χ2v) is 23.1. The van der Waals surface area contributed by atoms with Gasteiger partial charge in [0, 0.05) is 58.3 Å². The quantitative estimate of drug-likeness (QED) is 0.0172. The summed E-state index contributed by atoms with van der Waals surface area (Å²) in [6.07, 6.45) is 5.42. The van der Waals surface area contributed by atoms with Crippen LogP contribution in [0, 0.1) is 6.92 Å². The largest absolute Gasteiger partial charge is 0.496 e. The Morgan fingerprint density at radius 1 is 0.429 bits per heavy atom. The predicted molar refractivity (Wildman–Crippen MR) is 377 cm³/mol. The number of methoxy groups -OCH3 is 4. The van der Waals surface area contributed by atoms with Crippen LogP contribution in [0.25, 0.3) is 0 Å². The first-order chi connectivity index (χ1) is 46.8. The summed E-state index contributed by atoms with van der Waals surface area (Å²) >= 11 is 0. The number of ketones is 4. The summed E-state index contributed by atoms with van der Waals surface area (Å²) in [4.78, 5) is 133. The lowest BCUT2D eigenvalue weighted by molar-refractivity contribution is -0.127. The van der Waals surface area contributed by atoms with Crippen molar-refractivity contribution >= 4 is 70.5 Å². The van der Waals surface area contributed by atoms with E-state index in [1.165, 1.54) is 57.7 Å². The number of aryl methyl sites for hydroxylation is 1. The van der Waals surface area contributed by atoms with Crippen molar-refractivity contribution in [1.82, 2.24) is 26.6 Å². The molecule has 0 aromatic heterocycles. The van der Waals surface area contributed by atoms with E-state index in [4.69, 9.17) is 64.8 Å². The molecule has 21 N–H and O–H groups in total. The van der Waals surface area contributed by atoms with Crippen molar-refractivity contribution in [3.63, 3.8) is 0 Å². The fourth-order valence-corrected chi connectivity index (χ4v) is 10.1. The fraction of sp³-hybridized carbons (Fsp3) is 0.478. The van der Waals surface area contributed by atoms with Crippen LogP contribution in [0.4, 0.5) is 0 Å². The minimum atomic E-state index is -1.12. The fourth-order valence-electron chi connectivity index (χ4n) is 10.1. The first-order valence-electron chi connectivity index (χ1n) is 32.7. The van der Waals surface area contributed by atoms with Gasteiger partial charge in [-0.2, -0.15) is 0 Å². The molecule has 0 heterocycles. The van der Waals surface area contributed by atoms with Gasteiger partial charge in [-0.25, -0.2) is 0 Å². The van der Waals surface area contributed by atoms with Crippen LogP contribution in [-0.4, -0.2) is 162 Å². The number of nitrogens with two attached hydrogens (primary N) is 8. The van der Waals surface area contributed by atoms with Crippen LogP contribution in [-0.2, 0) is 43.2 Å². The van der Waals surface area contributed by atoms with E-state index in [0.717, 1.165) is 24.8 Å². The minimum absolute atomic E-state index is 0.0115. The number of guanidine groups is 3. The molecule has 29 nitrogen and oxygen atoms in total. The molecule has 5 amide bonds. The molecule has 4 aromatic rings. The Kier molecular flexibility index (Phi) is 37.3. The molecule has 0 saturated carbocycles. The third-order valence-corrected chi connectivity index (χ3v) is 15.4. The zero-order valence-corrected chi connectivity index (χ0v) is 57.6. The van der Waals surface area contributed by atoms with E-state index in [-0.39, 0.29) is 159 Å². The van der Waals surface area contributed by atoms with Crippen LogP contribution >= 0.6 is 0 Å². The number of hydrogen-bond acceptors (Lipinski definition) is 18. The van der Waals surface area contributed by atoms with Crippen molar-refractivity contribution in [1.29, 1.82) is 0 Å². The van der Waals surface area contributed by atoms with Crippen molar-refractivity contribution in [3.8, 4) is 23.0 Å². The molecule has 0 aliphatic rings. The summed E-state index contributed by atoms with van der Waals surface area (Å²) in [5.74, 6) is -3.07. The number of nitrogens with zero attached hydrogens (tertiary/aromatic N) is 3. The van der Waals surface area contributed by atoms with Gasteiger partial charge in [0.25, 0.3) is 23.6 Å². The Labute approximate surface area is 573 Å².